The van der Waals surface area contributed by atoms with Crippen molar-refractivity contribution < 1.29 is 26.8 Å². The number of amides is 1. The number of aromatic nitrogens is 1. The minimum absolute atomic E-state index is 0.0856. The zero-order valence-electron chi connectivity index (χ0n) is 18.6. The molecule has 1 N–H and O–H groups in total. The molecular weight excluding hydrogens is 482 g/mol. The maximum absolute atomic E-state index is 14.1. The maximum Gasteiger partial charge on any atom is 0.435 e. The van der Waals surface area contributed by atoms with Gasteiger partial charge >= 0.3 is 6.18 Å². The molecular formula is C25H21F4N3O2S. The molecule has 0 bridgehead atoms. The molecule has 2 heterocycles. The number of hydrogen-bond acceptors (Lipinski definition) is 5. The fourth-order valence-electron chi connectivity index (χ4n) is 3.49. The van der Waals surface area contributed by atoms with Crippen LogP contribution >= 0.6 is 11.3 Å². The van der Waals surface area contributed by atoms with Crippen LogP contribution in [0, 0.1) is 5.82 Å². The lowest BCUT2D eigenvalue weighted by Crippen LogP contribution is -2.27. The molecule has 182 valence electrons. The molecule has 0 aliphatic rings. The van der Waals surface area contributed by atoms with Gasteiger partial charge in [0, 0.05) is 24.8 Å². The summed E-state index contributed by atoms with van der Waals surface area (Å²) < 4.78 is 60.1. The van der Waals surface area contributed by atoms with Gasteiger partial charge < -0.3 is 14.6 Å². The molecule has 4 rings (SSSR count). The number of hydrogen-bond donors (Lipinski definition) is 1. The quantitative estimate of drug-likeness (QED) is 0.292. The van der Waals surface area contributed by atoms with E-state index in [1.54, 1.807) is 6.26 Å². The van der Waals surface area contributed by atoms with E-state index in [-0.39, 0.29) is 17.1 Å². The van der Waals surface area contributed by atoms with Gasteiger partial charge in [0.15, 0.2) is 5.69 Å². The highest BCUT2D eigenvalue weighted by molar-refractivity contribution is 7.17. The van der Waals surface area contributed by atoms with Crippen molar-refractivity contribution in [3.8, 4) is 10.6 Å². The normalized spacial score (nSPS) is 11.5. The number of halogens is 4. The fraction of sp³-hybridized carbons (Fsp3) is 0.200. The summed E-state index contributed by atoms with van der Waals surface area (Å²) in [5, 5.41) is 2.33. The minimum Gasteiger partial charge on any atom is -0.467 e. The SMILES string of the molecule is CN(Cc1ccco1)c1cccc(CCNC(=O)c2sc(-c3ccccc3F)nc2C(F)(F)F)c1. The maximum atomic E-state index is 14.1. The fourth-order valence-corrected chi connectivity index (χ4v) is 4.52. The van der Waals surface area contributed by atoms with Crippen LogP contribution in [-0.2, 0) is 19.1 Å². The predicted molar refractivity (Wildman–Crippen MR) is 126 cm³/mol. The van der Waals surface area contributed by atoms with Gasteiger partial charge in [-0.1, -0.05) is 24.3 Å². The standard InChI is InChI=1S/C25H21F4N3O2S/c1-32(15-18-8-5-13-34-18)17-7-4-6-16(14-17)11-12-30-23(33)21-22(25(27,28)29)31-24(35-21)19-9-2-3-10-20(19)26/h2-10,13-14H,11-12,15H2,1H3,(H,30,33). The Kier molecular flexibility index (Phi) is 7.20. The van der Waals surface area contributed by atoms with E-state index in [2.05, 4.69) is 10.3 Å². The molecule has 0 spiro atoms. The highest BCUT2D eigenvalue weighted by Crippen LogP contribution is 2.38. The van der Waals surface area contributed by atoms with Crippen molar-refractivity contribution >= 4 is 22.9 Å². The van der Waals surface area contributed by atoms with Crippen LogP contribution in [0.15, 0.2) is 71.3 Å². The monoisotopic (exact) mass is 503 g/mol. The van der Waals surface area contributed by atoms with Crippen molar-refractivity contribution in [1.82, 2.24) is 10.3 Å². The Morgan fingerprint density at radius 3 is 2.63 bits per heavy atom. The molecule has 1 amide bonds. The van der Waals surface area contributed by atoms with Gasteiger partial charge in [-0.15, -0.1) is 11.3 Å². The van der Waals surface area contributed by atoms with Crippen LogP contribution in [0.4, 0.5) is 23.2 Å². The highest BCUT2D eigenvalue weighted by Gasteiger charge is 2.40. The molecule has 2 aromatic carbocycles. The average Bonchev–Trinajstić information content (AvgIpc) is 3.50. The molecule has 0 atom stereocenters. The summed E-state index contributed by atoms with van der Waals surface area (Å²) in [4.78, 5) is 17.6. The topological polar surface area (TPSA) is 58.4 Å². The summed E-state index contributed by atoms with van der Waals surface area (Å²) in [6.45, 7) is 0.692. The lowest BCUT2D eigenvalue weighted by molar-refractivity contribution is -0.141. The van der Waals surface area contributed by atoms with E-state index < -0.39 is 28.5 Å². The summed E-state index contributed by atoms with van der Waals surface area (Å²) in [6.07, 6.45) is -2.83. The van der Waals surface area contributed by atoms with Crippen molar-refractivity contribution in [2.24, 2.45) is 0 Å². The first-order chi connectivity index (χ1) is 16.7. The zero-order valence-corrected chi connectivity index (χ0v) is 19.4. The van der Waals surface area contributed by atoms with Crippen LogP contribution < -0.4 is 10.2 Å². The number of anilines is 1. The molecule has 0 saturated carbocycles. The first-order valence-corrected chi connectivity index (χ1v) is 11.5. The van der Waals surface area contributed by atoms with Crippen LogP contribution in [0.5, 0.6) is 0 Å². The second kappa shape index (κ2) is 10.3. The molecule has 2 aromatic heterocycles. The number of rotatable bonds is 8. The molecule has 0 radical (unpaired) electrons. The summed E-state index contributed by atoms with van der Waals surface area (Å²) in [5.74, 6) is -0.799. The number of benzene rings is 2. The lowest BCUT2D eigenvalue weighted by Gasteiger charge is -2.18. The van der Waals surface area contributed by atoms with E-state index in [1.807, 2.05) is 48.3 Å². The Balaban J connectivity index is 1.44. The van der Waals surface area contributed by atoms with Gasteiger partial charge in [0.1, 0.15) is 21.5 Å². The van der Waals surface area contributed by atoms with Crippen LogP contribution in [0.3, 0.4) is 0 Å². The Morgan fingerprint density at radius 2 is 1.91 bits per heavy atom. The first-order valence-electron chi connectivity index (χ1n) is 10.7. The van der Waals surface area contributed by atoms with Gasteiger partial charge in [-0.25, -0.2) is 9.37 Å². The molecule has 35 heavy (non-hydrogen) atoms. The number of alkyl halides is 3. The number of furan rings is 1. The second-order valence-electron chi connectivity index (χ2n) is 7.79. The average molecular weight is 504 g/mol. The van der Waals surface area contributed by atoms with E-state index in [1.165, 1.54) is 18.2 Å². The molecule has 0 saturated heterocycles. The third-order valence-corrected chi connectivity index (χ3v) is 6.32. The van der Waals surface area contributed by atoms with E-state index >= 15 is 0 Å². The van der Waals surface area contributed by atoms with E-state index in [0.717, 1.165) is 23.1 Å². The first kappa shape index (κ1) is 24.5. The molecule has 10 heteroatoms. The van der Waals surface area contributed by atoms with Crippen LogP contribution in [0.1, 0.15) is 26.7 Å². The van der Waals surface area contributed by atoms with Gasteiger partial charge in [0.25, 0.3) is 5.91 Å². The summed E-state index contributed by atoms with van der Waals surface area (Å²) in [5.41, 5.74) is 0.431. The van der Waals surface area contributed by atoms with Crippen molar-refractivity contribution in [2.45, 2.75) is 19.1 Å². The third-order valence-electron chi connectivity index (χ3n) is 5.23. The Morgan fingerprint density at radius 1 is 1.11 bits per heavy atom. The highest BCUT2D eigenvalue weighted by atomic mass is 32.1. The van der Waals surface area contributed by atoms with Crippen molar-refractivity contribution in [3.63, 3.8) is 0 Å². The van der Waals surface area contributed by atoms with Gasteiger partial charge in [-0.2, -0.15) is 13.2 Å². The van der Waals surface area contributed by atoms with Crippen LogP contribution in [0.2, 0.25) is 0 Å². The summed E-state index contributed by atoms with van der Waals surface area (Å²) in [6, 6.07) is 16.7. The Bertz CT molecular complexity index is 1300. The van der Waals surface area contributed by atoms with Gasteiger partial charge in [-0.05, 0) is 48.4 Å². The van der Waals surface area contributed by atoms with Gasteiger partial charge in [-0.3, -0.25) is 4.79 Å². The number of carbonyl (C=O) groups excluding carboxylic acids is 1. The smallest absolute Gasteiger partial charge is 0.435 e. The van der Waals surface area contributed by atoms with Crippen molar-refractivity contribution in [2.75, 3.05) is 18.5 Å². The largest absolute Gasteiger partial charge is 0.467 e. The third kappa shape index (κ3) is 5.89. The summed E-state index contributed by atoms with van der Waals surface area (Å²) >= 11 is 0.517. The molecule has 0 unspecified atom stereocenters. The molecule has 4 aromatic rings. The molecule has 5 nitrogen and oxygen atoms in total. The van der Waals surface area contributed by atoms with E-state index in [0.29, 0.717) is 24.3 Å². The minimum atomic E-state index is -4.85. The Labute approximate surface area is 203 Å². The number of thiazole rings is 1. The molecule has 0 fully saturated rings. The molecule has 0 aliphatic carbocycles. The molecule has 0 aliphatic heterocycles. The zero-order chi connectivity index (χ0) is 25.0. The van der Waals surface area contributed by atoms with Crippen molar-refractivity contribution in [3.05, 3.63) is 94.6 Å². The number of carbonyl (C=O) groups is 1. The van der Waals surface area contributed by atoms with Gasteiger partial charge in [0.2, 0.25) is 0 Å². The number of nitrogens with one attached hydrogen (secondary N) is 1. The lowest BCUT2D eigenvalue weighted by atomic mass is 10.1. The number of nitrogens with zero attached hydrogens (tertiary/aromatic N) is 2. The van der Waals surface area contributed by atoms with Crippen LogP contribution in [0.25, 0.3) is 10.6 Å². The van der Waals surface area contributed by atoms with E-state index in [4.69, 9.17) is 4.42 Å². The second-order valence-corrected chi connectivity index (χ2v) is 8.78. The van der Waals surface area contributed by atoms with Crippen molar-refractivity contribution in [1.29, 1.82) is 0 Å². The Hall–Kier alpha value is -3.66. The predicted octanol–water partition coefficient (Wildman–Crippen LogP) is 6.17. The van der Waals surface area contributed by atoms with E-state index in [9.17, 15) is 22.4 Å². The van der Waals surface area contributed by atoms with Crippen LogP contribution in [-0.4, -0.2) is 24.5 Å². The summed E-state index contributed by atoms with van der Waals surface area (Å²) in [7, 11) is 1.92. The van der Waals surface area contributed by atoms with Gasteiger partial charge in [0.05, 0.1) is 12.8 Å².